The van der Waals surface area contributed by atoms with E-state index in [-0.39, 0.29) is 5.03 Å². The Kier molecular flexibility index (Phi) is 5.11. The van der Waals surface area contributed by atoms with Crippen molar-refractivity contribution in [2.24, 2.45) is 0 Å². The lowest BCUT2D eigenvalue weighted by atomic mass is 10.0. The van der Waals surface area contributed by atoms with Crippen molar-refractivity contribution in [2.75, 3.05) is 13.6 Å². The van der Waals surface area contributed by atoms with E-state index in [1.165, 1.54) is 4.31 Å². The lowest BCUT2D eigenvalue weighted by molar-refractivity contribution is 0.256. The van der Waals surface area contributed by atoms with Gasteiger partial charge in [-0.1, -0.05) is 13.8 Å². The second-order valence-electron chi connectivity index (χ2n) is 5.14. The summed E-state index contributed by atoms with van der Waals surface area (Å²) in [5, 5.41) is 9.76. The molecule has 7 heteroatoms. The standard InChI is InChI=1S/C12H24N4O2S/c1-6-12(3,4)16(5)19(17,18)11-10(8-13-7-2)9-14-15-11/h9,13H,6-8H2,1-5H3,(H,14,15). The van der Waals surface area contributed by atoms with E-state index in [1.807, 2.05) is 27.7 Å². The predicted octanol–water partition coefficient (Wildman–Crippen LogP) is 1.33. The van der Waals surface area contributed by atoms with E-state index in [4.69, 9.17) is 0 Å². The van der Waals surface area contributed by atoms with Crippen LogP contribution in [-0.4, -0.2) is 42.1 Å². The van der Waals surface area contributed by atoms with Crippen molar-refractivity contribution < 1.29 is 8.42 Å². The third kappa shape index (κ3) is 3.34. The maximum Gasteiger partial charge on any atom is 0.260 e. The zero-order valence-electron chi connectivity index (χ0n) is 12.3. The first-order valence-corrected chi connectivity index (χ1v) is 7.93. The molecule has 0 aliphatic rings. The molecule has 0 bridgehead atoms. The van der Waals surface area contributed by atoms with Crippen LogP contribution in [0.15, 0.2) is 11.2 Å². The zero-order valence-corrected chi connectivity index (χ0v) is 13.1. The fourth-order valence-corrected chi connectivity index (χ4v) is 3.27. The summed E-state index contributed by atoms with van der Waals surface area (Å²) >= 11 is 0. The van der Waals surface area contributed by atoms with Crippen LogP contribution in [-0.2, 0) is 16.6 Å². The normalized spacial score (nSPS) is 13.2. The minimum absolute atomic E-state index is 0.178. The van der Waals surface area contributed by atoms with Crippen LogP contribution in [0.3, 0.4) is 0 Å². The Labute approximate surface area is 115 Å². The van der Waals surface area contributed by atoms with Gasteiger partial charge in [0.1, 0.15) is 0 Å². The van der Waals surface area contributed by atoms with E-state index in [0.29, 0.717) is 12.1 Å². The molecule has 6 nitrogen and oxygen atoms in total. The molecule has 0 aliphatic heterocycles. The molecule has 0 spiro atoms. The van der Waals surface area contributed by atoms with Crippen LogP contribution in [0, 0.1) is 0 Å². The molecule has 0 amide bonds. The Morgan fingerprint density at radius 3 is 2.58 bits per heavy atom. The van der Waals surface area contributed by atoms with Crippen LogP contribution >= 0.6 is 0 Å². The van der Waals surface area contributed by atoms with Gasteiger partial charge in [-0.15, -0.1) is 0 Å². The average Bonchev–Trinajstić information content (AvgIpc) is 2.84. The highest BCUT2D eigenvalue weighted by atomic mass is 32.2. The second kappa shape index (κ2) is 6.02. The number of aromatic nitrogens is 2. The Hall–Kier alpha value is -0.920. The van der Waals surface area contributed by atoms with Crippen LogP contribution in [0.2, 0.25) is 0 Å². The minimum Gasteiger partial charge on any atom is -0.313 e. The van der Waals surface area contributed by atoms with Gasteiger partial charge in [-0.2, -0.15) is 9.40 Å². The van der Waals surface area contributed by atoms with Crippen LogP contribution < -0.4 is 5.32 Å². The van der Waals surface area contributed by atoms with Crippen molar-refractivity contribution in [1.82, 2.24) is 19.8 Å². The van der Waals surface area contributed by atoms with Gasteiger partial charge in [0, 0.05) is 24.7 Å². The number of hydrogen-bond donors (Lipinski definition) is 2. The Bertz CT molecular complexity index is 508. The molecule has 0 fully saturated rings. The fourth-order valence-electron chi connectivity index (χ4n) is 1.59. The van der Waals surface area contributed by atoms with Crippen molar-refractivity contribution in [2.45, 2.75) is 51.2 Å². The summed E-state index contributed by atoms with van der Waals surface area (Å²) in [6.45, 7) is 9.03. The highest BCUT2D eigenvalue weighted by molar-refractivity contribution is 7.89. The molecule has 0 saturated heterocycles. The Balaban J connectivity index is 3.10. The van der Waals surface area contributed by atoms with E-state index in [0.717, 1.165) is 13.0 Å². The Morgan fingerprint density at radius 2 is 2.05 bits per heavy atom. The lowest BCUT2D eigenvalue weighted by Crippen LogP contribution is -2.44. The molecule has 0 aromatic carbocycles. The highest BCUT2D eigenvalue weighted by Crippen LogP contribution is 2.25. The largest absolute Gasteiger partial charge is 0.313 e. The number of hydrogen-bond acceptors (Lipinski definition) is 4. The number of aromatic amines is 1. The molecule has 110 valence electrons. The average molecular weight is 288 g/mol. The van der Waals surface area contributed by atoms with Gasteiger partial charge < -0.3 is 5.32 Å². The number of H-pyrrole nitrogens is 1. The van der Waals surface area contributed by atoms with Gasteiger partial charge in [0.05, 0.1) is 6.20 Å². The number of sulfonamides is 1. The summed E-state index contributed by atoms with van der Waals surface area (Å²) in [6, 6.07) is 0. The van der Waals surface area contributed by atoms with Gasteiger partial charge in [0.15, 0.2) is 5.03 Å². The lowest BCUT2D eigenvalue weighted by Gasteiger charge is -2.33. The van der Waals surface area contributed by atoms with Gasteiger partial charge in [-0.3, -0.25) is 5.10 Å². The van der Waals surface area contributed by atoms with Crippen LogP contribution in [0.25, 0.3) is 0 Å². The topological polar surface area (TPSA) is 78.1 Å². The molecule has 0 atom stereocenters. The molecule has 1 aromatic heterocycles. The summed E-state index contributed by atoms with van der Waals surface area (Å²) in [7, 11) is -1.94. The summed E-state index contributed by atoms with van der Waals surface area (Å²) in [5.41, 5.74) is 0.236. The maximum absolute atomic E-state index is 12.6. The molecule has 2 N–H and O–H groups in total. The first-order chi connectivity index (χ1) is 8.77. The smallest absolute Gasteiger partial charge is 0.260 e. The van der Waals surface area contributed by atoms with E-state index in [1.54, 1.807) is 13.2 Å². The zero-order chi connectivity index (χ0) is 14.7. The first kappa shape index (κ1) is 16.1. The monoisotopic (exact) mass is 288 g/mol. The Morgan fingerprint density at radius 1 is 1.42 bits per heavy atom. The van der Waals surface area contributed by atoms with E-state index in [9.17, 15) is 8.42 Å². The molecule has 1 rings (SSSR count). The highest BCUT2D eigenvalue weighted by Gasteiger charge is 2.34. The van der Waals surface area contributed by atoms with Gasteiger partial charge in [0.25, 0.3) is 10.0 Å². The van der Waals surface area contributed by atoms with Crippen molar-refractivity contribution in [3.8, 4) is 0 Å². The van der Waals surface area contributed by atoms with Crippen molar-refractivity contribution in [3.63, 3.8) is 0 Å². The summed E-state index contributed by atoms with van der Waals surface area (Å²) in [4.78, 5) is 0. The fraction of sp³-hybridized carbons (Fsp3) is 0.750. The molecule has 19 heavy (non-hydrogen) atoms. The van der Waals surface area contributed by atoms with Gasteiger partial charge >= 0.3 is 0 Å². The minimum atomic E-state index is -3.55. The molecule has 1 heterocycles. The molecular formula is C12H24N4O2S. The quantitative estimate of drug-likeness (QED) is 0.793. The molecule has 0 saturated carbocycles. The van der Waals surface area contributed by atoms with E-state index < -0.39 is 15.6 Å². The molecule has 0 unspecified atom stereocenters. The third-order valence-electron chi connectivity index (χ3n) is 3.58. The summed E-state index contributed by atoms with van der Waals surface area (Å²) in [6.07, 6.45) is 2.29. The van der Waals surface area contributed by atoms with Gasteiger partial charge in [0.2, 0.25) is 0 Å². The number of nitrogens with one attached hydrogen (secondary N) is 2. The van der Waals surface area contributed by atoms with E-state index >= 15 is 0 Å². The van der Waals surface area contributed by atoms with Crippen molar-refractivity contribution in [1.29, 1.82) is 0 Å². The SMILES string of the molecule is CCNCc1cn[nH]c1S(=O)(=O)N(C)C(C)(C)CC. The summed E-state index contributed by atoms with van der Waals surface area (Å²) < 4.78 is 26.6. The number of rotatable bonds is 7. The summed E-state index contributed by atoms with van der Waals surface area (Å²) in [5.74, 6) is 0. The molecule has 0 radical (unpaired) electrons. The van der Waals surface area contributed by atoms with Crippen LogP contribution in [0.4, 0.5) is 0 Å². The van der Waals surface area contributed by atoms with Crippen molar-refractivity contribution >= 4 is 10.0 Å². The van der Waals surface area contributed by atoms with Crippen LogP contribution in [0.1, 0.15) is 39.7 Å². The number of nitrogens with zero attached hydrogens (tertiary/aromatic N) is 2. The van der Waals surface area contributed by atoms with Gasteiger partial charge in [-0.05, 0) is 26.8 Å². The first-order valence-electron chi connectivity index (χ1n) is 6.49. The molecule has 1 aromatic rings. The van der Waals surface area contributed by atoms with Crippen molar-refractivity contribution in [3.05, 3.63) is 11.8 Å². The van der Waals surface area contributed by atoms with E-state index in [2.05, 4.69) is 15.5 Å². The van der Waals surface area contributed by atoms with Gasteiger partial charge in [-0.25, -0.2) is 8.42 Å². The second-order valence-corrected chi connectivity index (χ2v) is 7.05. The third-order valence-corrected chi connectivity index (χ3v) is 5.66. The molecular weight excluding hydrogens is 264 g/mol. The maximum atomic E-state index is 12.6. The predicted molar refractivity (Wildman–Crippen MR) is 75.3 cm³/mol. The van der Waals surface area contributed by atoms with Crippen LogP contribution in [0.5, 0.6) is 0 Å². The molecule has 0 aliphatic carbocycles.